The second kappa shape index (κ2) is 6.24. The van der Waals surface area contributed by atoms with Crippen LogP contribution in [0, 0.1) is 0 Å². The van der Waals surface area contributed by atoms with Crippen molar-refractivity contribution in [3.8, 4) is 0 Å². The van der Waals surface area contributed by atoms with Crippen LogP contribution in [0.1, 0.15) is 11.4 Å². The smallest absolute Gasteiger partial charge is 0.449 e. The number of aliphatic hydroxyl groups is 1. The van der Waals surface area contributed by atoms with Gasteiger partial charge in [0.25, 0.3) is 0 Å². The number of hydrogen-bond acceptors (Lipinski definition) is 2. The molecule has 0 radical (unpaired) electrons. The van der Waals surface area contributed by atoms with Crippen molar-refractivity contribution in [3.63, 3.8) is 0 Å². The zero-order chi connectivity index (χ0) is 9.90. The van der Waals surface area contributed by atoms with E-state index in [-0.39, 0.29) is 69.4 Å². The number of nitrogens with zero attached hydrogens (tertiary/aromatic N) is 1. The van der Waals surface area contributed by atoms with Crippen LogP contribution in [-0.4, -0.2) is 17.1 Å². The summed E-state index contributed by atoms with van der Waals surface area (Å²) in [5, 5.41) is 8.62. The van der Waals surface area contributed by atoms with Crippen LogP contribution < -0.4 is 51.4 Å². The first-order valence-corrected chi connectivity index (χ1v) is 3.78. The second-order valence-electron chi connectivity index (χ2n) is 2.69. The molecule has 14 heavy (non-hydrogen) atoms. The van der Waals surface area contributed by atoms with Crippen molar-refractivity contribution >= 4 is 6.98 Å². The van der Waals surface area contributed by atoms with Crippen molar-refractivity contribution < 1.29 is 69.4 Å². The van der Waals surface area contributed by atoms with Crippen LogP contribution in [0.25, 0.3) is 0 Å². The van der Waals surface area contributed by atoms with Gasteiger partial charge < -0.3 is 18.1 Å². The summed E-state index contributed by atoms with van der Waals surface area (Å²) in [6.45, 7) is -5.18. The third kappa shape index (κ3) is 5.47. The summed E-state index contributed by atoms with van der Waals surface area (Å²) in [7, 11) is 0. The van der Waals surface area contributed by atoms with E-state index in [1.165, 1.54) is 18.2 Å². The number of aromatic nitrogens is 1. The van der Waals surface area contributed by atoms with E-state index in [0.717, 1.165) is 0 Å². The van der Waals surface area contributed by atoms with Gasteiger partial charge in [-0.15, -0.1) is 0 Å². The maximum absolute atomic E-state index is 11.9. The number of pyridine rings is 1. The van der Waals surface area contributed by atoms with Gasteiger partial charge in [-0.2, -0.15) is 0 Å². The molecule has 1 aromatic heterocycles. The van der Waals surface area contributed by atoms with Crippen molar-refractivity contribution in [2.24, 2.45) is 0 Å². The normalized spacial score (nSPS) is 10.9. The Morgan fingerprint density at radius 2 is 1.79 bits per heavy atom. The Kier molecular flexibility index (Phi) is 6.51. The van der Waals surface area contributed by atoms with Crippen LogP contribution in [0.4, 0.5) is 12.9 Å². The maximum Gasteiger partial charge on any atom is 1.00 e. The van der Waals surface area contributed by atoms with E-state index >= 15 is 0 Å². The van der Waals surface area contributed by atoms with Gasteiger partial charge in [-0.05, 0) is 18.5 Å². The fourth-order valence-corrected chi connectivity index (χ4v) is 0.968. The van der Waals surface area contributed by atoms with E-state index in [2.05, 4.69) is 4.98 Å². The summed E-state index contributed by atoms with van der Waals surface area (Å²) >= 11 is 0. The van der Waals surface area contributed by atoms with Crippen LogP contribution in [-0.2, 0) is 12.9 Å². The standard InChI is InChI=1S/C7H8BF3NO.K/c9-8(10,11)4-6-2-1-3-7(5-13)12-6;/h1-3,13H,4-5H2;/q-1;+1. The van der Waals surface area contributed by atoms with E-state index in [0.29, 0.717) is 0 Å². The van der Waals surface area contributed by atoms with Crippen molar-refractivity contribution in [2.75, 3.05) is 0 Å². The molecule has 1 N–H and O–H groups in total. The summed E-state index contributed by atoms with van der Waals surface area (Å²) < 4.78 is 35.8. The van der Waals surface area contributed by atoms with E-state index < -0.39 is 13.3 Å². The molecule has 0 saturated heterocycles. The van der Waals surface area contributed by atoms with E-state index in [1.54, 1.807) is 0 Å². The van der Waals surface area contributed by atoms with Gasteiger partial charge in [0.05, 0.1) is 12.3 Å². The van der Waals surface area contributed by atoms with E-state index in [1.807, 2.05) is 0 Å². The first kappa shape index (κ1) is 14.6. The molecule has 0 aliphatic heterocycles. The molecule has 1 aromatic rings. The minimum Gasteiger partial charge on any atom is -0.449 e. The Morgan fingerprint density at radius 1 is 1.21 bits per heavy atom. The average molecular weight is 229 g/mol. The third-order valence-electron chi connectivity index (χ3n) is 1.47. The molecule has 72 valence electrons. The monoisotopic (exact) mass is 229 g/mol. The summed E-state index contributed by atoms with van der Waals surface area (Å²) in [5.74, 6) is 0. The van der Waals surface area contributed by atoms with Crippen molar-refractivity contribution in [3.05, 3.63) is 29.6 Å². The van der Waals surface area contributed by atoms with E-state index in [4.69, 9.17) is 5.11 Å². The molecule has 0 spiro atoms. The van der Waals surface area contributed by atoms with Crippen molar-refractivity contribution in [2.45, 2.75) is 12.9 Å². The van der Waals surface area contributed by atoms with Gasteiger partial charge in [-0.25, -0.2) is 0 Å². The van der Waals surface area contributed by atoms with Gasteiger partial charge in [-0.3, -0.25) is 4.98 Å². The largest absolute Gasteiger partial charge is 1.00 e. The Morgan fingerprint density at radius 3 is 2.29 bits per heavy atom. The van der Waals surface area contributed by atoms with Gasteiger partial charge >= 0.3 is 58.4 Å². The van der Waals surface area contributed by atoms with Crippen LogP contribution in [0.2, 0.25) is 0 Å². The quantitative estimate of drug-likeness (QED) is 0.640. The molecule has 0 unspecified atom stereocenters. The molecule has 1 rings (SSSR count). The minimum absolute atomic E-state index is 0. The van der Waals surface area contributed by atoms with Crippen molar-refractivity contribution in [1.29, 1.82) is 0 Å². The molecule has 0 aliphatic rings. The fraction of sp³-hybridized carbons (Fsp3) is 0.286. The Labute approximate surface area is 122 Å². The van der Waals surface area contributed by atoms with Crippen LogP contribution in [0.15, 0.2) is 18.2 Å². The van der Waals surface area contributed by atoms with E-state index in [9.17, 15) is 12.9 Å². The first-order valence-electron chi connectivity index (χ1n) is 3.78. The Hall–Kier alpha value is 0.601. The molecule has 0 aromatic carbocycles. The number of hydrogen-bond donors (Lipinski definition) is 1. The molecule has 0 bridgehead atoms. The second-order valence-corrected chi connectivity index (χ2v) is 2.69. The Balaban J connectivity index is 0.00000169. The number of aliphatic hydroxyl groups excluding tert-OH is 1. The molecule has 0 fully saturated rings. The van der Waals surface area contributed by atoms with Crippen molar-refractivity contribution in [1.82, 2.24) is 4.98 Å². The van der Waals surface area contributed by atoms with Gasteiger partial charge in [0.2, 0.25) is 0 Å². The minimum atomic E-state index is -4.85. The molecule has 0 saturated carbocycles. The van der Waals surface area contributed by atoms with Crippen LogP contribution in [0.5, 0.6) is 0 Å². The molecule has 2 nitrogen and oxygen atoms in total. The molecule has 1 heterocycles. The van der Waals surface area contributed by atoms with Gasteiger partial charge in [0.15, 0.2) is 0 Å². The third-order valence-corrected chi connectivity index (χ3v) is 1.47. The zero-order valence-electron chi connectivity index (χ0n) is 7.75. The first-order chi connectivity index (χ1) is 6.01. The SMILES string of the molecule is OCc1cccc(C[B-](F)(F)F)n1.[K+]. The average Bonchev–Trinajstić information content (AvgIpc) is 2.01. The van der Waals surface area contributed by atoms with Crippen LogP contribution >= 0.6 is 0 Å². The van der Waals surface area contributed by atoms with Gasteiger partial charge in [0.1, 0.15) is 0 Å². The summed E-state index contributed by atoms with van der Waals surface area (Å²) in [6.07, 6.45) is -0.992. The zero-order valence-corrected chi connectivity index (χ0v) is 10.9. The molecular weight excluding hydrogens is 221 g/mol. The maximum atomic E-state index is 11.9. The van der Waals surface area contributed by atoms with Gasteiger partial charge in [0, 0.05) is 5.69 Å². The number of halogens is 3. The van der Waals surface area contributed by atoms with Gasteiger partial charge in [-0.1, -0.05) is 6.07 Å². The topological polar surface area (TPSA) is 33.1 Å². The van der Waals surface area contributed by atoms with Crippen LogP contribution in [0.3, 0.4) is 0 Å². The summed E-state index contributed by atoms with van der Waals surface area (Å²) in [4.78, 5) is 3.62. The molecule has 0 amide bonds. The predicted octanol–water partition coefficient (Wildman–Crippen LogP) is -1.49. The Bertz CT molecular complexity index is 295. The molecule has 7 heteroatoms. The molecule has 0 aliphatic carbocycles. The predicted molar refractivity (Wildman–Crippen MR) is 42.9 cm³/mol. The fourth-order valence-electron chi connectivity index (χ4n) is 0.968. The summed E-state index contributed by atoms with van der Waals surface area (Å²) in [5.41, 5.74) is 0.219. The molecular formula is C7H8BF3KNO. The summed E-state index contributed by atoms with van der Waals surface area (Å²) in [6, 6.07) is 4.23. The number of rotatable bonds is 3. The molecule has 0 atom stereocenters.